The molecule has 0 aromatic heterocycles. The lowest BCUT2D eigenvalue weighted by molar-refractivity contribution is -0.120. The second kappa shape index (κ2) is 6.26. The number of amides is 2. The smallest absolute Gasteiger partial charge is 0.283 e. The van der Waals surface area contributed by atoms with Gasteiger partial charge in [0.2, 0.25) is 0 Å². The molecular weight excluding hydrogens is 354 g/mol. The van der Waals surface area contributed by atoms with Crippen LogP contribution in [0, 0.1) is 12.7 Å². The Hall–Kier alpha value is -2.37. The van der Waals surface area contributed by atoms with E-state index in [1.165, 1.54) is 24.3 Å². The molecule has 122 valence electrons. The number of anilines is 2. The molecule has 1 aliphatic rings. The number of halogens is 3. The Labute approximate surface area is 147 Å². The van der Waals surface area contributed by atoms with Crippen molar-refractivity contribution >= 4 is 46.4 Å². The summed E-state index contributed by atoms with van der Waals surface area (Å²) >= 11 is 11.9. The quantitative estimate of drug-likeness (QED) is 0.829. The molecule has 0 saturated carbocycles. The predicted molar refractivity (Wildman–Crippen MR) is 91.6 cm³/mol. The molecule has 2 aromatic rings. The van der Waals surface area contributed by atoms with Crippen molar-refractivity contribution < 1.29 is 14.0 Å². The van der Waals surface area contributed by atoms with Gasteiger partial charge in [-0.1, -0.05) is 23.2 Å². The van der Waals surface area contributed by atoms with Crippen molar-refractivity contribution in [3.63, 3.8) is 0 Å². The summed E-state index contributed by atoms with van der Waals surface area (Å²) in [6.07, 6.45) is 0. The third-order valence-corrected chi connectivity index (χ3v) is 4.15. The monoisotopic (exact) mass is 364 g/mol. The predicted octanol–water partition coefficient (Wildman–Crippen LogP) is 4.22. The maximum atomic E-state index is 13.0. The van der Waals surface area contributed by atoms with E-state index in [0.717, 1.165) is 10.5 Å². The molecule has 1 heterocycles. The van der Waals surface area contributed by atoms with Gasteiger partial charge in [0, 0.05) is 10.7 Å². The highest BCUT2D eigenvalue weighted by Gasteiger charge is 2.39. The number of carbonyl (C=O) groups excluding carboxylic acids is 2. The molecule has 1 N–H and O–H groups in total. The summed E-state index contributed by atoms with van der Waals surface area (Å²) < 4.78 is 13.0. The van der Waals surface area contributed by atoms with E-state index in [1.54, 1.807) is 18.2 Å². The van der Waals surface area contributed by atoms with E-state index in [2.05, 4.69) is 5.32 Å². The van der Waals surface area contributed by atoms with Crippen molar-refractivity contribution in [1.29, 1.82) is 0 Å². The number of benzene rings is 2. The Balaban J connectivity index is 1.93. The van der Waals surface area contributed by atoms with Crippen molar-refractivity contribution in [1.82, 2.24) is 0 Å². The number of hydrogen-bond acceptors (Lipinski definition) is 3. The summed E-state index contributed by atoms with van der Waals surface area (Å²) in [6.45, 7) is 1.81. The molecule has 24 heavy (non-hydrogen) atoms. The first-order valence-electron chi connectivity index (χ1n) is 6.96. The Kier molecular flexibility index (Phi) is 4.30. The first-order chi connectivity index (χ1) is 11.4. The molecule has 0 saturated heterocycles. The number of nitrogens with one attached hydrogen (secondary N) is 1. The van der Waals surface area contributed by atoms with Crippen LogP contribution in [0.2, 0.25) is 5.02 Å². The molecule has 0 radical (unpaired) electrons. The standard InChI is InChI=1S/C17H11Cl2FN2O2/c1-9-8-10(18)2-7-13(9)21-15-14(19)16(23)22(17(15)24)12-5-3-11(20)4-6-12/h2-8,21H,1H3. The van der Waals surface area contributed by atoms with Crippen LogP contribution in [0.25, 0.3) is 0 Å². The van der Waals surface area contributed by atoms with Crippen LogP contribution in [0.15, 0.2) is 53.2 Å². The molecule has 0 aliphatic carbocycles. The molecule has 0 spiro atoms. The zero-order valence-electron chi connectivity index (χ0n) is 12.4. The van der Waals surface area contributed by atoms with Crippen molar-refractivity contribution in [2.24, 2.45) is 0 Å². The molecule has 7 heteroatoms. The van der Waals surface area contributed by atoms with Gasteiger partial charge in [-0.15, -0.1) is 0 Å². The molecule has 1 aliphatic heterocycles. The van der Waals surface area contributed by atoms with Crippen LogP contribution in [0.3, 0.4) is 0 Å². The molecule has 2 aromatic carbocycles. The summed E-state index contributed by atoms with van der Waals surface area (Å²) in [7, 11) is 0. The molecule has 4 nitrogen and oxygen atoms in total. The molecule has 0 fully saturated rings. The number of rotatable bonds is 3. The van der Waals surface area contributed by atoms with Crippen molar-refractivity contribution in [3.05, 3.63) is 69.6 Å². The van der Waals surface area contributed by atoms with E-state index in [4.69, 9.17) is 23.2 Å². The molecule has 3 rings (SSSR count). The lowest BCUT2D eigenvalue weighted by atomic mass is 10.2. The van der Waals surface area contributed by atoms with Gasteiger partial charge in [0.15, 0.2) is 0 Å². The molecule has 0 bridgehead atoms. The Morgan fingerprint density at radius 2 is 1.67 bits per heavy atom. The summed E-state index contributed by atoms with van der Waals surface area (Å²) in [6, 6.07) is 10.1. The van der Waals surface area contributed by atoms with Crippen LogP contribution >= 0.6 is 23.2 Å². The van der Waals surface area contributed by atoms with Crippen LogP contribution in [-0.4, -0.2) is 11.8 Å². The molecule has 0 unspecified atom stereocenters. The maximum Gasteiger partial charge on any atom is 0.283 e. The Morgan fingerprint density at radius 1 is 1.00 bits per heavy atom. The minimum absolute atomic E-state index is 0.0311. The van der Waals surface area contributed by atoms with Gasteiger partial charge in [0.1, 0.15) is 16.5 Å². The number of hydrogen-bond donors (Lipinski definition) is 1. The van der Waals surface area contributed by atoms with E-state index in [0.29, 0.717) is 10.7 Å². The summed E-state index contributed by atoms with van der Waals surface area (Å²) in [5, 5.41) is 3.21. The second-order valence-corrected chi connectivity index (χ2v) is 6.01. The van der Waals surface area contributed by atoms with Gasteiger partial charge in [-0.2, -0.15) is 0 Å². The Morgan fingerprint density at radius 3 is 2.29 bits per heavy atom. The third-order valence-electron chi connectivity index (χ3n) is 3.56. The number of nitrogens with zero attached hydrogens (tertiary/aromatic N) is 1. The fourth-order valence-corrected chi connectivity index (χ4v) is 2.78. The normalized spacial score (nSPS) is 14.6. The third kappa shape index (κ3) is 2.88. The largest absolute Gasteiger partial charge is 0.349 e. The summed E-state index contributed by atoms with van der Waals surface area (Å²) in [4.78, 5) is 25.8. The zero-order chi connectivity index (χ0) is 17.4. The Bertz CT molecular complexity index is 879. The van der Waals surface area contributed by atoms with E-state index in [1.807, 2.05) is 6.92 Å². The number of carbonyl (C=O) groups is 2. The van der Waals surface area contributed by atoms with Crippen LogP contribution in [-0.2, 0) is 9.59 Å². The van der Waals surface area contributed by atoms with E-state index in [9.17, 15) is 14.0 Å². The van der Waals surface area contributed by atoms with Crippen LogP contribution in [0.1, 0.15) is 5.56 Å². The summed E-state index contributed by atoms with van der Waals surface area (Å²) in [5.41, 5.74) is 1.61. The molecule has 2 amide bonds. The zero-order valence-corrected chi connectivity index (χ0v) is 14.0. The lowest BCUT2D eigenvalue weighted by Crippen LogP contribution is -2.32. The fourth-order valence-electron chi connectivity index (χ4n) is 2.34. The SMILES string of the molecule is Cc1cc(Cl)ccc1NC1=C(Cl)C(=O)N(c2ccc(F)cc2)C1=O. The fraction of sp³-hybridized carbons (Fsp3) is 0.0588. The first-order valence-corrected chi connectivity index (χ1v) is 7.71. The van der Waals surface area contributed by atoms with Gasteiger partial charge in [-0.3, -0.25) is 9.59 Å². The summed E-state index contributed by atoms with van der Waals surface area (Å²) in [5.74, 6) is -1.74. The lowest BCUT2D eigenvalue weighted by Gasteiger charge is -2.15. The van der Waals surface area contributed by atoms with Crippen molar-refractivity contribution in [3.8, 4) is 0 Å². The number of imide groups is 1. The van der Waals surface area contributed by atoms with Gasteiger partial charge in [-0.25, -0.2) is 9.29 Å². The highest BCUT2D eigenvalue weighted by atomic mass is 35.5. The van der Waals surface area contributed by atoms with Crippen LogP contribution in [0.5, 0.6) is 0 Å². The highest BCUT2D eigenvalue weighted by molar-refractivity contribution is 6.53. The average molecular weight is 365 g/mol. The van der Waals surface area contributed by atoms with Gasteiger partial charge in [-0.05, 0) is 55.0 Å². The first kappa shape index (κ1) is 16.5. The minimum atomic E-state index is -0.664. The van der Waals surface area contributed by atoms with Gasteiger partial charge >= 0.3 is 0 Å². The minimum Gasteiger partial charge on any atom is -0.349 e. The van der Waals surface area contributed by atoms with E-state index < -0.39 is 17.6 Å². The molecular formula is C17H11Cl2FN2O2. The topological polar surface area (TPSA) is 49.4 Å². The average Bonchev–Trinajstić information content (AvgIpc) is 2.74. The van der Waals surface area contributed by atoms with E-state index >= 15 is 0 Å². The van der Waals surface area contributed by atoms with Crippen LogP contribution < -0.4 is 10.2 Å². The van der Waals surface area contributed by atoms with Gasteiger partial charge < -0.3 is 5.32 Å². The van der Waals surface area contributed by atoms with Gasteiger partial charge in [0.25, 0.3) is 11.8 Å². The second-order valence-electron chi connectivity index (χ2n) is 5.20. The maximum absolute atomic E-state index is 13.0. The molecule has 0 atom stereocenters. The van der Waals surface area contributed by atoms with Crippen molar-refractivity contribution in [2.75, 3.05) is 10.2 Å². The van der Waals surface area contributed by atoms with Crippen LogP contribution in [0.4, 0.5) is 15.8 Å². The van der Waals surface area contributed by atoms with Crippen molar-refractivity contribution in [2.45, 2.75) is 6.92 Å². The highest BCUT2D eigenvalue weighted by Crippen LogP contribution is 2.31. The number of aryl methyl sites for hydroxylation is 1. The van der Waals surface area contributed by atoms with E-state index in [-0.39, 0.29) is 16.4 Å². The van der Waals surface area contributed by atoms with Gasteiger partial charge in [0.05, 0.1) is 5.69 Å².